The van der Waals surface area contributed by atoms with Crippen LogP contribution in [0.3, 0.4) is 0 Å². The van der Waals surface area contributed by atoms with E-state index in [4.69, 9.17) is 5.11 Å². The molecule has 0 unspecified atom stereocenters. The number of carboxylic acid groups (broad SMARTS) is 1. The Labute approximate surface area is 94.6 Å². The minimum Gasteiger partial charge on any atom is -0.481 e. The summed E-state index contributed by atoms with van der Waals surface area (Å²) in [7, 11) is 0. The van der Waals surface area contributed by atoms with E-state index in [0.29, 0.717) is 5.75 Å². The molecule has 1 rings (SSSR count). The topological polar surface area (TPSA) is 54.4 Å². The normalized spacial score (nSPS) is 19.8. The fourth-order valence-corrected chi connectivity index (χ4v) is 2.76. The number of rotatable bonds is 4. The van der Waals surface area contributed by atoms with E-state index in [1.165, 1.54) is 18.2 Å². The Kier molecular flexibility index (Phi) is 5.15. The molecule has 0 aromatic rings. The quantitative estimate of drug-likeness (QED) is 0.806. The van der Waals surface area contributed by atoms with Crippen molar-refractivity contribution in [1.82, 2.24) is 0 Å². The largest absolute Gasteiger partial charge is 0.481 e. The van der Waals surface area contributed by atoms with Crippen LogP contribution in [0.25, 0.3) is 0 Å². The molecule has 86 valence electrons. The van der Waals surface area contributed by atoms with Crippen molar-refractivity contribution in [3.63, 3.8) is 0 Å². The lowest BCUT2D eigenvalue weighted by atomic mass is 9.90. The molecule has 0 heterocycles. The Balaban J connectivity index is 2.25. The van der Waals surface area contributed by atoms with Crippen molar-refractivity contribution in [2.24, 2.45) is 11.8 Å². The van der Waals surface area contributed by atoms with Crippen LogP contribution in [0.4, 0.5) is 0 Å². The first-order valence-electron chi connectivity index (χ1n) is 5.50. The molecule has 4 heteroatoms. The van der Waals surface area contributed by atoms with Crippen molar-refractivity contribution in [2.45, 2.75) is 39.0 Å². The molecule has 0 aromatic carbocycles. The second kappa shape index (κ2) is 6.16. The van der Waals surface area contributed by atoms with Crippen LogP contribution in [0.1, 0.15) is 39.0 Å². The smallest absolute Gasteiger partial charge is 0.307 e. The third kappa shape index (κ3) is 4.24. The standard InChI is InChI=1S/C11H18O3S/c1-8(10(12)13)7-15-11(14)9-5-3-2-4-6-9/h8-9H,2-7H2,1H3,(H,12,13)/t8-/m0/s1. The first-order chi connectivity index (χ1) is 7.11. The van der Waals surface area contributed by atoms with Gasteiger partial charge < -0.3 is 5.11 Å². The molecule has 15 heavy (non-hydrogen) atoms. The Morgan fingerprint density at radius 2 is 1.93 bits per heavy atom. The molecule has 1 atom stereocenters. The van der Waals surface area contributed by atoms with Gasteiger partial charge in [0.25, 0.3) is 0 Å². The minimum atomic E-state index is -0.820. The maximum atomic E-state index is 11.7. The molecule has 0 radical (unpaired) electrons. The molecular formula is C11H18O3S. The highest BCUT2D eigenvalue weighted by Crippen LogP contribution is 2.28. The van der Waals surface area contributed by atoms with Gasteiger partial charge in [-0.2, -0.15) is 0 Å². The van der Waals surface area contributed by atoms with Crippen molar-refractivity contribution in [3.05, 3.63) is 0 Å². The molecule has 3 nitrogen and oxygen atoms in total. The van der Waals surface area contributed by atoms with Gasteiger partial charge in [-0.15, -0.1) is 0 Å². The molecule has 1 N–H and O–H groups in total. The summed E-state index contributed by atoms with van der Waals surface area (Å²) in [6.07, 6.45) is 5.51. The molecular weight excluding hydrogens is 212 g/mol. The first-order valence-corrected chi connectivity index (χ1v) is 6.49. The predicted molar refractivity (Wildman–Crippen MR) is 60.8 cm³/mol. The first kappa shape index (κ1) is 12.6. The number of carbonyl (C=O) groups is 2. The van der Waals surface area contributed by atoms with E-state index < -0.39 is 11.9 Å². The number of hydrogen-bond acceptors (Lipinski definition) is 3. The van der Waals surface area contributed by atoms with Crippen LogP contribution in [0, 0.1) is 11.8 Å². The van der Waals surface area contributed by atoms with Crippen LogP contribution in [0.5, 0.6) is 0 Å². The monoisotopic (exact) mass is 230 g/mol. The summed E-state index contributed by atoms with van der Waals surface area (Å²) in [5.41, 5.74) is 0. The zero-order valence-corrected chi connectivity index (χ0v) is 9.89. The third-order valence-corrected chi connectivity index (χ3v) is 4.12. The maximum absolute atomic E-state index is 11.7. The second-order valence-electron chi connectivity index (χ2n) is 4.20. The molecule has 0 amide bonds. The summed E-state index contributed by atoms with van der Waals surface area (Å²) < 4.78 is 0. The average molecular weight is 230 g/mol. The van der Waals surface area contributed by atoms with Gasteiger partial charge in [-0.05, 0) is 12.8 Å². The Morgan fingerprint density at radius 1 is 1.33 bits per heavy atom. The van der Waals surface area contributed by atoms with E-state index >= 15 is 0 Å². The van der Waals surface area contributed by atoms with Gasteiger partial charge in [0.1, 0.15) is 0 Å². The van der Waals surface area contributed by atoms with Crippen LogP contribution in [0.15, 0.2) is 0 Å². The predicted octanol–water partition coefficient (Wildman–Crippen LogP) is 2.55. The third-order valence-electron chi connectivity index (χ3n) is 2.84. The maximum Gasteiger partial charge on any atom is 0.307 e. The Morgan fingerprint density at radius 3 is 2.47 bits per heavy atom. The lowest BCUT2D eigenvalue weighted by Gasteiger charge is -2.19. The van der Waals surface area contributed by atoms with Crippen LogP contribution >= 0.6 is 11.8 Å². The SMILES string of the molecule is C[C@@H](CSC(=O)C1CCCCC1)C(=O)O. The Hall–Kier alpha value is -0.510. The second-order valence-corrected chi connectivity index (χ2v) is 5.23. The Bertz CT molecular complexity index is 234. The molecule has 1 aliphatic rings. The lowest BCUT2D eigenvalue weighted by Crippen LogP contribution is -2.18. The highest BCUT2D eigenvalue weighted by atomic mass is 32.2. The molecule has 1 aliphatic carbocycles. The molecule has 0 spiro atoms. The zero-order valence-electron chi connectivity index (χ0n) is 9.07. The van der Waals surface area contributed by atoms with Gasteiger partial charge in [-0.25, -0.2) is 0 Å². The summed E-state index contributed by atoms with van der Waals surface area (Å²) in [6, 6.07) is 0. The van der Waals surface area contributed by atoms with Gasteiger partial charge in [-0.3, -0.25) is 9.59 Å². The van der Waals surface area contributed by atoms with Gasteiger partial charge in [-0.1, -0.05) is 37.9 Å². The number of carboxylic acids is 1. The summed E-state index contributed by atoms with van der Waals surface area (Å²) in [5.74, 6) is -0.656. The van der Waals surface area contributed by atoms with Crippen LogP contribution < -0.4 is 0 Å². The van der Waals surface area contributed by atoms with E-state index in [1.54, 1.807) is 6.92 Å². The van der Waals surface area contributed by atoms with Gasteiger partial charge in [0, 0.05) is 11.7 Å². The number of carbonyl (C=O) groups excluding carboxylic acids is 1. The van der Waals surface area contributed by atoms with E-state index in [9.17, 15) is 9.59 Å². The summed E-state index contributed by atoms with van der Waals surface area (Å²) in [6.45, 7) is 1.64. The number of hydrogen-bond donors (Lipinski definition) is 1. The molecule has 0 bridgehead atoms. The molecule has 0 saturated heterocycles. The van der Waals surface area contributed by atoms with Gasteiger partial charge >= 0.3 is 5.97 Å². The number of thioether (sulfide) groups is 1. The zero-order chi connectivity index (χ0) is 11.3. The van der Waals surface area contributed by atoms with Gasteiger partial charge in [0.2, 0.25) is 0 Å². The number of aliphatic carboxylic acids is 1. The molecule has 1 saturated carbocycles. The lowest BCUT2D eigenvalue weighted by molar-refractivity contribution is -0.140. The van der Waals surface area contributed by atoms with Crippen molar-refractivity contribution < 1.29 is 14.7 Å². The fourth-order valence-electron chi connectivity index (χ4n) is 1.73. The van der Waals surface area contributed by atoms with Gasteiger partial charge in [0.05, 0.1) is 5.92 Å². The van der Waals surface area contributed by atoms with E-state index in [-0.39, 0.29) is 11.0 Å². The van der Waals surface area contributed by atoms with E-state index in [2.05, 4.69) is 0 Å². The van der Waals surface area contributed by atoms with Crippen molar-refractivity contribution in [1.29, 1.82) is 0 Å². The fraction of sp³-hybridized carbons (Fsp3) is 0.818. The summed E-state index contributed by atoms with van der Waals surface area (Å²) in [5, 5.41) is 8.88. The molecule has 1 fully saturated rings. The van der Waals surface area contributed by atoms with Gasteiger partial charge in [0.15, 0.2) is 5.12 Å². The van der Waals surface area contributed by atoms with Crippen LogP contribution in [0.2, 0.25) is 0 Å². The van der Waals surface area contributed by atoms with Crippen molar-refractivity contribution >= 4 is 22.8 Å². The molecule has 0 aliphatic heterocycles. The van der Waals surface area contributed by atoms with E-state index in [0.717, 1.165) is 25.7 Å². The van der Waals surface area contributed by atoms with Crippen molar-refractivity contribution in [2.75, 3.05) is 5.75 Å². The summed E-state index contributed by atoms with van der Waals surface area (Å²) in [4.78, 5) is 22.3. The highest BCUT2D eigenvalue weighted by Gasteiger charge is 2.22. The average Bonchev–Trinajstić information content (AvgIpc) is 2.26. The van der Waals surface area contributed by atoms with Crippen molar-refractivity contribution in [3.8, 4) is 0 Å². The highest BCUT2D eigenvalue weighted by molar-refractivity contribution is 8.13. The van der Waals surface area contributed by atoms with E-state index in [1.807, 2.05) is 0 Å². The molecule has 0 aromatic heterocycles. The van der Waals surface area contributed by atoms with Crippen LogP contribution in [-0.4, -0.2) is 21.9 Å². The minimum absolute atomic E-state index is 0.185. The van der Waals surface area contributed by atoms with Crippen LogP contribution in [-0.2, 0) is 9.59 Å². The summed E-state index contributed by atoms with van der Waals surface area (Å²) >= 11 is 1.20.